The van der Waals surface area contributed by atoms with Crippen LogP contribution < -0.4 is 10.1 Å². The average Bonchev–Trinajstić information content (AvgIpc) is 2.48. The molecule has 2 aromatic rings. The molecule has 1 unspecified atom stereocenters. The Morgan fingerprint density at radius 1 is 1.00 bits per heavy atom. The topological polar surface area (TPSA) is 38.3 Å². The molecular formula is C15H11Br4NO2. The summed E-state index contributed by atoms with van der Waals surface area (Å²) in [6, 6.07) is 16.4. The molecule has 22 heavy (non-hydrogen) atoms. The van der Waals surface area contributed by atoms with E-state index in [1.165, 1.54) is 0 Å². The summed E-state index contributed by atoms with van der Waals surface area (Å²) in [6.07, 6.45) is -0.695. The molecule has 1 N–H and O–H groups in total. The first-order valence-corrected chi connectivity index (χ1v) is 9.39. The third-order valence-electron chi connectivity index (χ3n) is 2.68. The Labute approximate surface area is 162 Å². The van der Waals surface area contributed by atoms with Gasteiger partial charge in [-0.1, -0.05) is 78.1 Å². The van der Waals surface area contributed by atoms with Crippen molar-refractivity contribution in [3.8, 4) is 5.75 Å². The van der Waals surface area contributed by atoms with Crippen LogP contribution in [0.3, 0.4) is 0 Å². The number of para-hydroxylation sites is 1. The van der Waals surface area contributed by atoms with Gasteiger partial charge in [0.05, 0.1) is 4.47 Å². The number of halogens is 4. The van der Waals surface area contributed by atoms with E-state index in [9.17, 15) is 4.79 Å². The van der Waals surface area contributed by atoms with Crippen LogP contribution in [0.4, 0.5) is 0 Å². The van der Waals surface area contributed by atoms with E-state index in [0.29, 0.717) is 11.3 Å². The first kappa shape index (κ1) is 18.0. The Morgan fingerprint density at radius 2 is 1.59 bits per heavy atom. The predicted octanol–water partition coefficient (Wildman–Crippen LogP) is 5.42. The summed E-state index contributed by atoms with van der Waals surface area (Å²) in [5.74, 6) is 0.379. The molecular weight excluding hydrogens is 546 g/mol. The van der Waals surface area contributed by atoms with Crippen molar-refractivity contribution in [2.75, 3.05) is 0 Å². The van der Waals surface area contributed by atoms with Gasteiger partial charge in [-0.15, -0.1) is 0 Å². The lowest BCUT2D eigenvalue weighted by molar-refractivity contribution is 0.0844. The molecule has 0 radical (unpaired) electrons. The number of hydrogen-bond donors (Lipinski definition) is 1. The molecule has 0 heterocycles. The van der Waals surface area contributed by atoms with Gasteiger partial charge in [0, 0.05) is 5.56 Å². The quantitative estimate of drug-likeness (QED) is 0.403. The fourth-order valence-electron chi connectivity index (χ4n) is 1.64. The van der Waals surface area contributed by atoms with E-state index in [1.807, 2.05) is 42.5 Å². The molecule has 116 valence electrons. The molecule has 0 bridgehead atoms. The molecule has 1 atom stereocenters. The highest BCUT2D eigenvalue weighted by Crippen LogP contribution is 2.39. The molecule has 1 amide bonds. The van der Waals surface area contributed by atoms with Crippen molar-refractivity contribution in [1.29, 1.82) is 0 Å². The summed E-state index contributed by atoms with van der Waals surface area (Å²) in [5, 5.41) is 2.83. The van der Waals surface area contributed by atoms with E-state index in [1.54, 1.807) is 12.1 Å². The number of hydrogen-bond acceptors (Lipinski definition) is 2. The number of alkyl halides is 3. The molecule has 3 nitrogen and oxygen atoms in total. The summed E-state index contributed by atoms with van der Waals surface area (Å²) in [5.41, 5.74) is 0.556. The minimum atomic E-state index is -0.813. The van der Waals surface area contributed by atoms with Crippen LogP contribution in [0.1, 0.15) is 10.4 Å². The molecule has 2 rings (SSSR count). The van der Waals surface area contributed by atoms with Gasteiger partial charge in [-0.25, -0.2) is 0 Å². The Kier molecular flexibility index (Phi) is 6.49. The highest BCUT2D eigenvalue weighted by atomic mass is 80.0. The third-order valence-corrected chi connectivity index (χ3v) is 4.58. The second-order valence-corrected chi connectivity index (χ2v) is 12.1. The minimum absolute atomic E-state index is 0.236. The lowest BCUT2D eigenvalue weighted by atomic mass is 10.2. The Hall–Kier alpha value is -0.370. The van der Waals surface area contributed by atoms with Crippen LogP contribution in [-0.4, -0.2) is 14.3 Å². The van der Waals surface area contributed by atoms with Gasteiger partial charge in [-0.05, 0) is 40.2 Å². The van der Waals surface area contributed by atoms with Crippen LogP contribution in [0.2, 0.25) is 0 Å². The molecule has 0 aliphatic heterocycles. The van der Waals surface area contributed by atoms with Crippen LogP contribution >= 0.6 is 63.7 Å². The highest BCUT2D eigenvalue weighted by Gasteiger charge is 2.35. The molecule has 0 fully saturated rings. The number of rotatable bonds is 4. The lowest BCUT2D eigenvalue weighted by Crippen LogP contribution is -2.47. The van der Waals surface area contributed by atoms with Crippen molar-refractivity contribution in [2.45, 2.75) is 8.37 Å². The van der Waals surface area contributed by atoms with Crippen LogP contribution in [-0.2, 0) is 0 Å². The van der Waals surface area contributed by atoms with Gasteiger partial charge in [0.25, 0.3) is 5.91 Å². The van der Waals surface area contributed by atoms with Gasteiger partial charge in [0.2, 0.25) is 6.23 Å². The molecule has 2 aromatic carbocycles. The zero-order chi connectivity index (χ0) is 16.2. The first-order valence-electron chi connectivity index (χ1n) is 6.22. The van der Waals surface area contributed by atoms with Crippen molar-refractivity contribution >= 4 is 69.6 Å². The van der Waals surface area contributed by atoms with E-state index in [4.69, 9.17) is 4.74 Å². The fraction of sp³-hybridized carbons (Fsp3) is 0.133. The summed E-state index contributed by atoms with van der Waals surface area (Å²) in [7, 11) is 0. The zero-order valence-electron chi connectivity index (χ0n) is 11.1. The van der Waals surface area contributed by atoms with Crippen molar-refractivity contribution in [3.05, 3.63) is 64.6 Å². The van der Waals surface area contributed by atoms with Crippen molar-refractivity contribution in [2.24, 2.45) is 0 Å². The summed E-state index contributed by atoms with van der Waals surface area (Å²) in [4.78, 5) is 12.3. The molecule has 0 aliphatic rings. The second-order valence-electron chi connectivity index (χ2n) is 4.31. The largest absolute Gasteiger partial charge is 0.466 e. The number of nitrogens with one attached hydrogen (secondary N) is 1. The van der Waals surface area contributed by atoms with Crippen LogP contribution in [0.25, 0.3) is 0 Å². The first-order chi connectivity index (χ1) is 10.4. The number of benzene rings is 2. The number of carbonyl (C=O) groups is 1. The van der Waals surface area contributed by atoms with Gasteiger partial charge in [0.1, 0.15) is 5.75 Å². The smallest absolute Gasteiger partial charge is 0.254 e. The van der Waals surface area contributed by atoms with Crippen molar-refractivity contribution in [1.82, 2.24) is 5.32 Å². The second kappa shape index (κ2) is 7.95. The molecule has 0 spiro atoms. The van der Waals surface area contributed by atoms with E-state index < -0.39 is 8.37 Å². The zero-order valence-corrected chi connectivity index (χ0v) is 17.4. The summed E-state index contributed by atoms with van der Waals surface area (Å²) < 4.78 is 5.87. The standard InChI is InChI=1S/C15H11Br4NO2/c16-11-8-4-5-9-12(11)22-14(15(17,18)19)20-13(21)10-6-2-1-3-7-10/h1-9,14H,(H,20,21). The maximum Gasteiger partial charge on any atom is 0.254 e. The molecule has 0 saturated carbocycles. The number of carbonyl (C=O) groups excluding carboxylic acids is 1. The molecule has 0 aromatic heterocycles. The van der Waals surface area contributed by atoms with Gasteiger partial charge in [0.15, 0.2) is 2.14 Å². The minimum Gasteiger partial charge on any atom is -0.466 e. The highest BCUT2D eigenvalue weighted by molar-refractivity contribution is 9.39. The van der Waals surface area contributed by atoms with E-state index in [-0.39, 0.29) is 5.91 Å². The maximum absolute atomic E-state index is 12.3. The van der Waals surface area contributed by atoms with Gasteiger partial charge < -0.3 is 10.1 Å². The maximum atomic E-state index is 12.3. The van der Waals surface area contributed by atoms with Gasteiger partial charge in [-0.3, -0.25) is 4.79 Å². The Bertz CT molecular complexity index is 643. The molecule has 7 heteroatoms. The van der Waals surface area contributed by atoms with Crippen molar-refractivity contribution < 1.29 is 9.53 Å². The predicted molar refractivity (Wildman–Crippen MR) is 102 cm³/mol. The normalized spacial score (nSPS) is 12.5. The molecule has 0 aliphatic carbocycles. The van der Waals surface area contributed by atoms with Crippen LogP contribution in [0, 0.1) is 0 Å². The van der Waals surface area contributed by atoms with Gasteiger partial charge in [-0.2, -0.15) is 0 Å². The van der Waals surface area contributed by atoms with Crippen molar-refractivity contribution in [3.63, 3.8) is 0 Å². The van der Waals surface area contributed by atoms with Gasteiger partial charge >= 0.3 is 0 Å². The number of amides is 1. The number of ether oxygens (including phenoxy) is 1. The van der Waals surface area contributed by atoms with Crippen LogP contribution in [0.15, 0.2) is 59.1 Å². The monoisotopic (exact) mass is 553 g/mol. The average molecular weight is 557 g/mol. The summed E-state index contributed by atoms with van der Waals surface area (Å²) >= 11 is 13.6. The lowest BCUT2D eigenvalue weighted by Gasteiger charge is -2.27. The van der Waals surface area contributed by atoms with Crippen LogP contribution in [0.5, 0.6) is 5.75 Å². The fourth-order valence-corrected chi connectivity index (χ4v) is 2.64. The molecule has 0 saturated heterocycles. The van der Waals surface area contributed by atoms with E-state index in [0.717, 1.165) is 4.47 Å². The van der Waals surface area contributed by atoms with E-state index >= 15 is 0 Å². The Morgan fingerprint density at radius 3 is 2.18 bits per heavy atom. The summed E-state index contributed by atoms with van der Waals surface area (Å²) in [6.45, 7) is 0. The third kappa shape index (κ3) is 5.08. The SMILES string of the molecule is O=C(NC(Oc1ccccc1Br)C(Br)(Br)Br)c1ccccc1. The Balaban J connectivity index is 2.18. The van der Waals surface area contributed by atoms with E-state index in [2.05, 4.69) is 69.0 Å².